The van der Waals surface area contributed by atoms with Crippen molar-refractivity contribution in [3.05, 3.63) is 100 Å². The van der Waals surface area contributed by atoms with Gasteiger partial charge in [0.2, 0.25) is 0 Å². The SMILES string of the molecule is O=C(c1ccc(=O)n(-c2ccccc2)c1)N(CCO)Cc1ccc(F)cc1. The molecule has 0 aliphatic heterocycles. The van der Waals surface area contributed by atoms with Gasteiger partial charge in [-0.1, -0.05) is 30.3 Å². The maximum Gasteiger partial charge on any atom is 0.255 e. The number of nitrogens with zero attached hydrogens (tertiary/aromatic N) is 2. The summed E-state index contributed by atoms with van der Waals surface area (Å²) < 4.78 is 14.5. The largest absolute Gasteiger partial charge is 0.395 e. The molecule has 1 heterocycles. The Hall–Kier alpha value is -3.25. The zero-order valence-electron chi connectivity index (χ0n) is 14.6. The molecule has 5 nitrogen and oxygen atoms in total. The molecule has 0 aliphatic carbocycles. The number of hydrogen-bond donors (Lipinski definition) is 1. The van der Waals surface area contributed by atoms with Crippen molar-refractivity contribution in [3.63, 3.8) is 0 Å². The van der Waals surface area contributed by atoms with E-state index in [-0.39, 0.29) is 37.0 Å². The molecule has 0 fully saturated rings. The van der Waals surface area contributed by atoms with Gasteiger partial charge in [-0.2, -0.15) is 0 Å². The van der Waals surface area contributed by atoms with Gasteiger partial charge in [0.05, 0.1) is 12.2 Å². The summed E-state index contributed by atoms with van der Waals surface area (Å²) in [6, 6.07) is 17.7. The Morgan fingerprint density at radius 1 is 1.00 bits per heavy atom. The fourth-order valence-corrected chi connectivity index (χ4v) is 2.77. The van der Waals surface area contributed by atoms with Crippen molar-refractivity contribution in [1.29, 1.82) is 0 Å². The van der Waals surface area contributed by atoms with Crippen LogP contribution >= 0.6 is 0 Å². The van der Waals surface area contributed by atoms with Crippen molar-refractivity contribution in [2.45, 2.75) is 6.54 Å². The van der Waals surface area contributed by atoms with Crippen molar-refractivity contribution in [3.8, 4) is 5.69 Å². The van der Waals surface area contributed by atoms with E-state index in [1.54, 1.807) is 24.3 Å². The monoisotopic (exact) mass is 366 g/mol. The second-order valence-electron chi connectivity index (χ2n) is 6.04. The summed E-state index contributed by atoms with van der Waals surface area (Å²) in [6.45, 7) is 0.149. The number of hydrogen-bond acceptors (Lipinski definition) is 3. The van der Waals surface area contributed by atoms with E-state index in [4.69, 9.17) is 0 Å². The maximum absolute atomic E-state index is 13.1. The molecular formula is C21H19FN2O3. The van der Waals surface area contributed by atoms with E-state index in [9.17, 15) is 19.1 Å². The number of aliphatic hydroxyl groups is 1. The van der Waals surface area contributed by atoms with Crippen molar-refractivity contribution in [2.24, 2.45) is 0 Å². The highest BCUT2D eigenvalue weighted by molar-refractivity contribution is 5.94. The molecule has 0 saturated heterocycles. The van der Waals surface area contributed by atoms with Crippen LogP contribution in [0, 0.1) is 5.82 Å². The second-order valence-corrected chi connectivity index (χ2v) is 6.04. The number of carbonyl (C=O) groups is 1. The van der Waals surface area contributed by atoms with Crippen molar-refractivity contribution in [1.82, 2.24) is 9.47 Å². The van der Waals surface area contributed by atoms with E-state index in [1.807, 2.05) is 18.2 Å². The third-order valence-electron chi connectivity index (χ3n) is 4.14. The molecule has 1 N–H and O–H groups in total. The number of carbonyl (C=O) groups excluding carboxylic acids is 1. The topological polar surface area (TPSA) is 62.5 Å². The predicted molar refractivity (Wildman–Crippen MR) is 100 cm³/mol. The minimum Gasteiger partial charge on any atom is -0.395 e. The fourth-order valence-electron chi connectivity index (χ4n) is 2.77. The number of aliphatic hydroxyl groups excluding tert-OH is 1. The summed E-state index contributed by atoms with van der Waals surface area (Å²) in [6.07, 6.45) is 1.50. The lowest BCUT2D eigenvalue weighted by Gasteiger charge is -2.22. The van der Waals surface area contributed by atoms with Crippen LogP contribution < -0.4 is 5.56 Å². The van der Waals surface area contributed by atoms with Gasteiger partial charge in [-0.3, -0.25) is 14.2 Å². The quantitative estimate of drug-likeness (QED) is 0.729. The average Bonchev–Trinajstić information content (AvgIpc) is 2.70. The van der Waals surface area contributed by atoms with Crippen molar-refractivity contribution in [2.75, 3.05) is 13.2 Å². The van der Waals surface area contributed by atoms with Gasteiger partial charge in [0, 0.05) is 31.0 Å². The number of halogens is 1. The first-order valence-electron chi connectivity index (χ1n) is 8.51. The molecule has 0 radical (unpaired) electrons. The molecule has 6 heteroatoms. The lowest BCUT2D eigenvalue weighted by Crippen LogP contribution is -2.34. The van der Waals surface area contributed by atoms with Crippen molar-refractivity contribution >= 4 is 5.91 Å². The van der Waals surface area contributed by atoms with E-state index < -0.39 is 0 Å². The van der Waals surface area contributed by atoms with Crippen LogP contribution in [0.5, 0.6) is 0 Å². The number of amides is 1. The molecule has 0 unspecified atom stereocenters. The Balaban J connectivity index is 1.90. The first kappa shape index (κ1) is 18.5. The zero-order chi connectivity index (χ0) is 19.2. The van der Waals surface area contributed by atoms with Gasteiger partial charge in [0.25, 0.3) is 11.5 Å². The zero-order valence-corrected chi connectivity index (χ0v) is 14.6. The first-order chi connectivity index (χ1) is 13.1. The van der Waals surface area contributed by atoms with Gasteiger partial charge in [0.1, 0.15) is 5.82 Å². The van der Waals surface area contributed by atoms with Gasteiger partial charge < -0.3 is 10.0 Å². The van der Waals surface area contributed by atoms with Crippen LogP contribution in [0.1, 0.15) is 15.9 Å². The highest BCUT2D eigenvalue weighted by atomic mass is 19.1. The van der Waals surface area contributed by atoms with Gasteiger partial charge >= 0.3 is 0 Å². The molecule has 1 aromatic heterocycles. The number of benzene rings is 2. The molecule has 3 rings (SSSR count). The second kappa shape index (κ2) is 8.42. The molecule has 0 saturated carbocycles. The Morgan fingerprint density at radius 2 is 1.70 bits per heavy atom. The molecule has 1 amide bonds. The van der Waals surface area contributed by atoms with Gasteiger partial charge in [-0.05, 0) is 35.9 Å². The van der Waals surface area contributed by atoms with E-state index in [2.05, 4.69) is 0 Å². The van der Waals surface area contributed by atoms with Crippen LogP contribution in [0.2, 0.25) is 0 Å². The molecule has 138 valence electrons. The molecule has 0 spiro atoms. The van der Waals surface area contributed by atoms with Crippen LogP contribution in [-0.4, -0.2) is 33.6 Å². The van der Waals surface area contributed by atoms with Crippen LogP contribution in [0.15, 0.2) is 77.7 Å². The lowest BCUT2D eigenvalue weighted by molar-refractivity contribution is 0.0707. The van der Waals surface area contributed by atoms with Crippen LogP contribution in [0.4, 0.5) is 4.39 Å². The highest BCUT2D eigenvalue weighted by Crippen LogP contribution is 2.12. The summed E-state index contributed by atoms with van der Waals surface area (Å²) in [5.41, 5.74) is 1.48. The van der Waals surface area contributed by atoms with Gasteiger partial charge in [0.15, 0.2) is 0 Å². The van der Waals surface area contributed by atoms with Crippen molar-refractivity contribution < 1.29 is 14.3 Å². The number of para-hydroxylation sites is 1. The molecular weight excluding hydrogens is 347 g/mol. The third kappa shape index (κ3) is 4.48. The molecule has 0 aliphatic rings. The van der Waals surface area contributed by atoms with E-state index in [0.717, 1.165) is 5.56 Å². The number of rotatable bonds is 6. The van der Waals surface area contributed by atoms with Gasteiger partial charge in [-0.25, -0.2) is 4.39 Å². The maximum atomic E-state index is 13.1. The Bertz CT molecular complexity index is 969. The summed E-state index contributed by atoms with van der Waals surface area (Å²) in [7, 11) is 0. The lowest BCUT2D eigenvalue weighted by atomic mass is 10.1. The summed E-state index contributed by atoms with van der Waals surface area (Å²) in [4.78, 5) is 26.6. The Morgan fingerprint density at radius 3 is 2.37 bits per heavy atom. The minimum atomic E-state index is -0.353. The number of pyridine rings is 1. The fraction of sp³-hybridized carbons (Fsp3) is 0.143. The van der Waals surface area contributed by atoms with Gasteiger partial charge in [-0.15, -0.1) is 0 Å². The smallest absolute Gasteiger partial charge is 0.255 e. The Kier molecular flexibility index (Phi) is 5.78. The van der Waals surface area contributed by atoms with Crippen LogP contribution in [0.3, 0.4) is 0 Å². The minimum absolute atomic E-state index is 0.126. The van der Waals surface area contributed by atoms with E-state index >= 15 is 0 Å². The summed E-state index contributed by atoms with van der Waals surface area (Å²) >= 11 is 0. The molecule has 27 heavy (non-hydrogen) atoms. The standard InChI is InChI=1S/C21H19FN2O3/c22-18-9-6-16(7-10-18)14-23(12-13-25)21(27)17-8-11-20(26)24(15-17)19-4-2-1-3-5-19/h1-11,15,25H,12-14H2. The molecule has 2 aromatic carbocycles. The molecule has 0 bridgehead atoms. The summed E-state index contributed by atoms with van der Waals surface area (Å²) in [5.74, 6) is -0.674. The molecule has 3 aromatic rings. The predicted octanol–water partition coefficient (Wildman–Crippen LogP) is 2.61. The highest BCUT2D eigenvalue weighted by Gasteiger charge is 2.17. The van der Waals surface area contributed by atoms with Crippen LogP contribution in [-0.2, 0) is 6.54 Å². The third-order valence-corrected chi connectivity index (χ3v) is 4.14. The van der Waals surface area contributed by atoms with Crippen LogP contribution in [0.25, 0.3) is 5.69 Å². The van der Waals surface area contributed by atoms with E-state index in [0.29, 0.717) is 11.3 Å². The average molecular weight is 366 g/mol. The molecule has 0 atom stereocenters. The van der Waals surface area contributed by atoms with E-state index in [1.165, 1.54) is 39.9 Å². The Labute approximate surface area is 155 Å². The summed E-state index contributed by atoms with van der Waals surface area (Å²) in [5, 5.41) is 9.32. The number of aromatic nitrogens is 1. The normalized spacial score (nSPS) is 10.6. The first-order valence-corrected chi connectivity index (χ1v) is 8.51.